The van der Waals surface area contributed by atoms with Crippen LogP contribution in [0.25, 0.3) is 0 Å². The number of esters is 2. The Bertz CT molecular complexity index is 292. The fourth-order valence-electron chi connectivity index (χ4n) is 1.12. The molecule has 3 unspecified atom stereocenters. The Morgan fingerprint density at radius 3 is 2.33 bits per heavy atom. The quantitative estimate of drug-likeness (QED) is 0.366. The zero-order valence-corrected chi connectivity index (χ0v) is 13.7. The van der Waals surface area contributed by atoms with Crippen LogP contribution < -0.4 is 0 Å². The summed E-state index contributed by atoms with van der Waals surface area (Å²) in [7, 11) is 0. The first-order valence-corrected chi connectivity index (χ1v) is 7.43. The molecule has 4 nitrogen and oxygen atoms in total. The number of hydrogen-bond donors (Lipinski definition) is 0. The number of rotatable bonds is 8. The second kappa shape index (κ2) is 9.55. The minimum absolute atomic E-state index is 0.0704. The first kappa shape index (κ1) is 17.6. The molecule has 0 saturated heterocycles. The molecule has 0 N–H and O–H groups in total. The third-order valence-electron chi connectivity index (χ3n) is 2.09. The highest BCUT2D eigenvalue weighted by atomic mass is 79.9. The third-order valence-corrected chi connectivity index (χ3v) is 3.10. The van der Waals surface area contributed by atoms with Crippen LogP contribution in [0.3, 0.4) is 0 Å². The smallest absolute Gasteiger partial charge is 0.319 e. The molecule has 0 heterocycles. The lowest BCUT2D eigenvalue weighted by atomic mass is 10.1. The van der Waals surface area contributed by atoms with Crippen LogP contribution in [0.15, 0.2) is 12.7 Å². The second-order valence-electron chi connectivity index (χ2n) is 3.90. The van der Waals surface area contributed by atoms with Crippen molar-refractivity contribution in [2.75, 3.05) is 13.2 Å². The Balaban J connectivity index is 3.92. The fourth-order valence-corrected chi connectivity index (χ4v) is 1.94. The number of carbonyl (C=O) groups excluding carboxylic acids is 2. The first-order valence-electron chi connectivity index (χ1n) is 5.60. The minimum Gasteiger partial charge on any atom is -0.464 e. The average molecular weight is 386 g/mol. The van der Waals surface area contributed by atoms with Gasteiger partial charge in [0.2, 0.25) is 0 Å². The van der Waals surface area contributed by atoms with E-state index in [1.807, 2.05) is 0 Å². The Labute approximate surface area is 124 Å². The van der Waals surface area contributed by atoms with Crippen LogP contribution in [0.4, 0.5) is 0 Å². The summed E-state index contributed by atoms with van der Waals surface area (Å²) < 4.78 is 9.95. The Kier molecular flexibility index (Phi) is 9.36. The molecular formula is C12H18Br2O4. The van der Waals surface area contributed by atoms with Crippen molar-refractivity contribution in [2.24, 2.45) is 5.92 Å². The van der Waals surface area contributed by atoms with E-state index in [4.69, 9.17) is 9.47 Å². The maximum atomic E-state index is 11.5. The predicted octanol–water partition coefficient (Wildman–Crippen LogP) is 2.83. The fraction of sp³-hybridized carbons (Fsp3) is 0.667. The third kappa shape index (κ3) is 7.87. The van der Waals surface area contributed by atoms with E-state index < -0.39 is 0 Å². The molecule has 18 heavy (non-hydrogen) atoms. The van der Waals surface area contributed by atoms with Gasteiger partial charge in [0, 0.05) is 4.83 Å². The van der Waals surface area contributed by atoms with Crippen molar-refractivity contribution in [3.05, 3.63) is 12.7 Å². The highest BCUT2D eigenvalue weighted by Gasteiger charge is 2.20. The summed E-state index contributed by atoms with van der Waals surface area (Å²) in [6.07, 6.45) is 2.06. The summed E-state index contributed by atoms with van der Waals surface area (Å²) in [5.41, 5.74) is 0. The topological polar surface area (TPSA) is 52.6 Å². The molecule has 0 aliphatic heterocycles. The van der Waals surface area contributed by atoms with Crippen molar-refractivity contribution >= 4 is 43.8 Å². The van der Waals surface area contributed by atoms with Crippen LogP contribution in [0, 0.1) is 5.92 Å². The van der Waals surface area contributed by atoms with Crippen molar-refractivity contribution in [3.8, 4) is 0 Å². The predicted molar refractivity (Wildman–Crippen MR) is 77.0 cm³/mol. The molecule has 0 spiro atoms. The van der Waals surface area contributed by atoms with Crippen LogP contribution in [0.1, 0.15) is 20.3 Å². The first-order chi connectivity index (χ1) is 8.38. The highest BCUT2D eigenvalue weighted by molar-refractivity contribution is 9.10. The number of alkyl halides is 2. The molecule has 0 rings (SSSR count). The van der Waals surface area contributed by atoms with E-state index in [1.54, 1.807) is 13.8 Å². The monoisotopic (exact) mass is 384 g/mol. The van der Waals surface area contributed by atoms with Gasteiger partial charge in [-0.05, 0) is 13.3 Å². The standard InChI is InChI=1S/C12H18Br2O4/c1-4-5-17-11(15)8(2)6-10(14)7-18-12(16)9(3)13/h4,8-10H,1,5-7H2,2-3H3. The molecule has 0 aliphatic carbocycles. The maximum Gasteiger partial charge on any atom is 0.319 e. The molecular weight excluding hydrogens is 368 g/mol. The molecule has 0 radical (unpaired) electrons. The van der Waals surface area contributed by atoms with Gasteiger partial charge in [0.1, 0.15) is 18.0 Å². The van der Waals surface area contributed by atoms with Crippen LogP contribution in [-0.4, -0.2) is 34.8 Å². The summed E-state index contributed by atoms with van der Waals surface area (Å²) in [6.45, 7) is 7.38. The van der Waals surface area contributed by atoms with Gasteiger partial charge in [0.25, 0.3) is 0 Å². The lowest BCUT2D eigenvalue weighted by molar-refractivity contribution is -0.146. The lowest BCUT2D eigenvalue weighted by Crippen LogP contribution is -2.23. The van der Waals surface area contributed by atoms with Gasteiger partial charge < -0.3 is 9.47 Å². The van der Waals surface area contributed by atoms with Gasteiger partial charge in [-0.25, -0.2) is 0 Å². The molecule has 6 heteroatoms. The molecule has 0 aromatic heterocycles. The summed E-state index contributed by atoms with van der Waals surface area (Å²) in [5, 5.41) is 0. The zero-order chi connectivity index (χ0) is 14.1. The summed E-state index contributed by atoms with van der Waals surface area (Å²) in [4.78, 5) is 22.3. The van der Waals surface area contributed by atoms with Crippen LogP contribution >= 0.6 is 31.9 Å². The average Bonchev–Trinajstić information content (AvgIpc) is 2.32. The molecule has 0 aliphatic rings. The summed E-state index contributed by atoms with van der Waals surface area (Å²) in [6, 6.07) is 0. The van der Waals surface area contributed by atoms with Gasteiger partial charge in [0.05, 0.1) is 5.92 Å². The van der Waals surface area contributed by atoms with Gasteiger partial charge >= 0.3 is 11.9 Å². The normalized spacial score (nSPS) is 15.3. The molecule has 0 amide bonds. The summed E-state index contributed by atoms with van der Waals surface area (Å²) in [5.74, 6) is -0.852. The largest absolute Gasteiger partial charge is 0.464 e. The number of carbonyl (C=O) groups is 2. The van der Waals surface area contributed by atoms with Crippen LogP contribution in [0.5, 0.6) is 0 Å². The molecule has 0 saturated carbocycles. The lowest BCUT2D eigenvalue weighted by Gasteiger charge is -2.15. The van der Waals surface area contributed by atoms with Gasteiger partial charge in [0.15, 0.2) is 0 Å². The molecule has 0 aromatic rings. The minimum atomic E-state index is -0.327. The van der Waals surface area contributed by atoms with E-state index in [0.717, 1.165) is 0 Å². The van der Waals surface area contributed by atoms with Gasteiger partial charge in [-0.3, -0.25) is 9.59 Å². The van der Waals surface area contributed by atoms with E-state index in [2.05, 4.69) is 38.4 Å². The van der Waals surface area contributed by atoms with E-state index in [1.165, 1.54) is 6.08 Å². The van der Waals surface area contributed by atoms with Crippen molar-refractivity contribution < 1.29 is 19.1 Å². The number of halogens is 2. The maximum absolute atomic E-state index is 11.5. The van der Waals surface area contributed by atoms with E-state index >= 15 is 0 Å². The zero-order valence-electron chi connectivity index (χ0n) is 10.5. The SMILES string of the molecule is C=CCOC(=O)C(C)CC(Br)COC(=O)C(C)Br. The Hall–Kier alpha value is -0.360. The molecule has 0 bridgehead atoms. The van der Waals surface area contributed by atoms with Crippen molar-refractivity contribution in [1.29, 1.82) is 0 Å². The second-order valence-corrected chi connectivity index (χ2v) is 6.57. The van der Waals surface area contributed by atoms with E-state index in [9.17, 15) is 9.59 Å². The molecule has 104 valence electrons. The van der Waals surface area contributed by atoms with Gasteiger partial charge in [-0.2, -0.15) is 0 Å². The molecule has 0 aromatic carbocycles. The van der Waals surface area contributed by atoms with Gasteiger partial charge in [-0.1, -0.05) is 51.4 Å². The molecule has 0 fully saturated rings. The summed E-state index contributed by atoms with van der Waals surface area (Å²) >= 11 is 6.49. The van der Waals surface area contributed by atoms with E-state index in [-0.39, 0.29) is 40.7 Å². The van der Waals surface area contributed by atoms with Crippen LogP contribution in [0.2, 0.25) is 0 Å². The molecule has 3 atom stereocenters. The highest BCUT2D eigenvalue weighted by Crippen LogP contribution is 2.16. The van der Waals surface area contributed by atoms with Crippen molar-refractivity contribution in [3.63, 3.8) is 0 Å². The number of ether oxygens (including phenoxy) is 2. The van der Waals surface area contributed by atoms with Crippen LogP contribution in [-0.2, 0) is 19.1 Å². The van der Waals surface area contributed by atoms with E-state index in [0.29, 0.717) is 6.42 Å². The van der Waals surface area contributed by atoms with Crippen molar-refractivity contribution in [2.45, 2.75) is 29.9 Å². The van der Waals surface area contributed by atoms with Crippen molar-refractivity contribution in [1.82, 2.24) is 0 Å². The Morgan fingerprint density at radius 2 is 1.83 bits per heavy atom. The number of hydrogen-bond acceptors (Lipinski definition) is 4. The van der Waals surface area contributed by atoms with Gasteiger partial charge in [-0.15, -0.1) is 0 Å². The Morgan fingerprint density at radius 1 is 1.22 bits per heavy atom.